The summed E-state index contributed by atoms with van der Waals surface area (Å²) >= 11 is 0. The lowest BCUT2D eigenvalue weighted by molar-refractivity contribution is -0.0801. The van der Waals surface area contributed by atoms with Gasteiger partial charge in [-0.2, -0.15) is 0 Å². The minimum absolute atomic E-state index is 0.105. The van der Waals surface area contributed by atoms with Crippen LogP contribution in [0.2, 0.25) is 0 Å². The van der Waals surface area contributed by atoms with E-state index < -0.39 is 0 Å². The summed E-state index contributed by atoms with van der Waals surface area (Å²) in [4.78, 5) is 0. The van der Waals surface area contributed by atoms with Crippen LogP contribution < -0.4 is 5.32 Å². The molecule has 1 saturated carbocycles. The molecule has 114 valence electrons. The Bertz CT molecular complexity index is 231. The Morgan fingerprint density at radius 2 is 1.79 bits per heavy atom. The fraction of sp³-hybridized carbons (Fsp3) is 1.00. The summed E-state index contributed by atoms with van der Waals surface area (Å²) in [7, 11) is 0. The second-order valence-corrected chi connectivity index (χ2v) is 7.34. The van der Waals surface area contributed by atoms with Crippen LogP contribution in [0.15, 0.2) is 0 Å². The SMILES string of the molecule is CCCCOC1(CNC(C)(C)C)CCC(CC)CC1. The van der Waals surface area contributed by atoms with Gasteiger partial charge in [0.1, 0.15) is 0 Å². The Labute approximate surface area is 120 Å². The molecule has 0 bridgehead atoms. The molecule has 0 amide bonds. The van der Waals surface area contributed by atoms with E-state index in [-0.39, 0.29) is 11.1 Å². The summed E-state index contributed by atoms with van der Waals surface area (Å²) in [5, 5.41) is 3.67. The first-order valence-electron chi connectivity index (χ1n) is 8.30. The minimum atomic E-state index is 0.105. The van der Waals surface area contributed by atoms with Gasteiger partial charge in [0.2, 0.25) is 0 Å². The van der Waals surface area contributed by atoms with E-state index in [1.165, 1.54) is 44.9 Å². The van der Waals surface area contributed by atoms with E-state index in [9.17, 15) is 0 Å². The Balaban J connectivity index is 2.53. The zero-order chi connectivity index (χ0) is 14.4. The molecule has 19 heavy (non-hydrogen) atoms. The van der Waals surface area contributed by atoms with Gasteiger partial charge in [-0.15, -0.1) is 0 Å². The third-order valence-electron chi connectivity index (χ3n) is 4.44. The first kappa shape index (κ1) is 17.0. The normalized spacial score (nSPS) is 28.6. The molecule has 1 rings (SSSR count). The molecule has 0 atom stereocenters. The number of hydrogen-bond acceptors (Lipinski definition) is 2. The monoisotopic (exact) mass is 269 g/mol. The maximum Gasteiger partial charge on any atom is 0.0806 e. The maximum absolute atomic E-state index is 6.34. The Morgan fingerprint density at radius 3 is 2.26 bits per heavy atom. The number of ether oxygens (including phenoxy) is 1. The van der Waals surface area contributed by atoms with Crippen LogP contribution in [0.4, 0.5) is 0 Å². The van der Waals surface area contributed by atoms with Crippen molar-refractivity contribution in [1.29, 1.82) is 0 Å². The largest absolute Gasteiger partial charge is 0.374 e. The van der Waals surface area contributed by atoms with Crippen molar-refractivity contribution in [2.75, 3.05) is 13.2 Å². The van der Waals surface area contributed by atoms with Crippen molar-refractivity contribution in [2.24, 2.45) is 5.92 Å². The van der Waals surface area contributed by atoms with Crippen molar-refractivity contribution >= 4 is 0 Å². The molecular weight excluding hydrogens is 234 g/mol. The van der Waals surface area contributed by atoms with Gasteiger partial charge in [0.15, 0.2) is 0 Å². The van der Waals surface area contributed by atoms with Crippen molar-refractivity contribution in [3.63, 3.8) is 0 Å². The van der Waals surface area contributed by atoms with Crippen LogP contribution in [0.1, 0.15) is 79.6 Å². The molecule has 0 aromatic rings. The highest BCUT2D eigenvalue weighted by atomic mass is 16.5. The van der Waals surface area contributed by atoms with E-state index in [1.807, 2.05) is 0 Å². The topological polar surface area (TPSA) is 21.3 Å². The molecule has 0 saturated heterocycles. The molecule has 1 fully saturated rings. The summed E-state index contributed by atoms with van der Waals surface area (Å²) in [6.07, 6.45) is 8.89. The summed E-state index contributed by atoms with van der Waals surface area (Å²) < 4.78 is 6.34. The van der Waals surface area contributed by atoms with Crippen LogP contribution in [0.3, 0.4) is 0 Å². The van der Waals surface area contributed by atoms with E-state index >= 15 is 0 Å². The van der Waals surface area contributed by atoms with Gasteiger partial charge in [-0.3, -0.25) is 0 Å². The molecular formula is C17H35NO. The van der Waals surface area contributed by atoms with Gasteiger partial charge in [-0.05, 0) is 58.8 Å². The predicted octanol–water partition coefficient (Wildman–Crippen LogP) is 4.53. The molecule has 1 aliphatic rings. The Kier molecular flexibility index (Phi) is 6.82. The highest BCUT2D eigenvalue weighted by Crippen LogP contribution is 2.36. The average molecular weight is 269 g/mol. The van der Waals surface area contributed by atoms with E-state index in [2.05, 4.69) is 39.9 Å². The van der Waals surface area contributed by atoms with Gasteiger partial charge in [-0.25, -0.2) is 0 Å². The standard InChI is InChI=1S/C17H35NO/c1-6-8-13-19-17(14-18-16(3,4)5)11-9-15(7-2)10-12-17/h15,18H,6-14H2,1-5H3. The van der Waals surface area contributed by atoms with E-state index in [4.69, 9.17) is 4.74 Å². The first-order valence-corrected chi connectivity index (χ1v) is 8.30. The van der Waals surface area contributed by atoms with E-state index in [1.54, 1.807) is 0 Å². The summed E-state index contributed by atoms with van der Waals surface area (Å²) in [6, 6.07) is 0. The molecule has 0 spiro atoms. The van der Waals surface area contributed by atoms with Crippen molar-refractivity contribution in [1.82, 2.24) is 5.32 Å². The fourth-order valence-electron chi connectivity index (χ4n) is 2.84. The Hall–Kier alpha value is -0.0800. The Morgan fingerprint density at radius 1 is 1.16 bits per heavy atom. The highest BCUT2D eigenvalue weighted by molar-refractivity contribution is 4.91. The fourth-order valence-corrected chi connectivity index (χ4v) is 2.84. The third-order valence-corrected chi connectivity index (χ3v) is 4.44. The number of rotatable bonds is 7. The van der Waals surface area contributed by atoms with Crippen LogP contribution in [-0.2, 0) is 4.74 Å². The van der Waals surface area contributed by atoms with Gasteiger partial charge in [0, 0.05) is 18.7 Å². The zero-order valence-electron chi connectivity index (χ0n) is 13.8. The minimum Gasteiger partial charge on any atom is -0.374 e. The molecule has 0 aromatic carbocycles. The molecule has 0 radical (unpaired) electrons. The van der Waals surface area contributed by atoms with Crippen molar-refractivity contribution < 1.29 is 4.74 Å². The zero-order valence-corrected chi connectivity index (χ0v) is 13.8. The number of nitrogens with one attached hydrogen (secondary N) is 1. The summed E-state index contributed by atoms with van der Waals surface area (Å²) in [5.74, 6) is 0.928. The molecule has 0 aliphatic heterocycles. The van der Waals surface area contributed by atoms with Gasteiger partial charge < -0.3 is 10.1 Å². The van der Waals surface area contributed by atoms with Gasteiger partial charge >= 0.3 is 0 Å². The smallest absolute Gasteiger partial charge is 0.0806 e. The molecule has 0 heterocycles. The van der Waals surface area contributed by atoms with Crippen LogP contribution in [-0.4, -0.2) is 24.3 Å². The van der Waals surface area contributed by atoms with E-state index in [0.717, 1.165) is 19.1 Å². The molecule has 1 aliphatic carbocycles. The maximum atomic E-state index is 6.34. The number of hydrogen-bond donors (Lipinski definition) is 1. The van der Waals surface area contributed by atoms with Crippen LogP contribution in [0.25, 0.3) is 0 Å². The van der Waals surface area contributed by atoms with Crippen LogP contribution in [0.5, 0.6) is 0 Å². The number of unbranched alkanes of at least 4 members (excludes halogenated alkanes) is 1. The first-order chi connectivity index (χ1) is 8.91. The molecule has 2 nitrogen and oxygen atoms in total. The lowest BCUT2D eigenvalue weighted by Gasteiger charge is -2.42. The quantitative estimate of drug-likeness (QED) is 0.686. The lowest BCUT2D eigenvalue weighted by atomic mass is 9.77. The molecule has 1 N–H and O–H groups in total. The molecule has 0 aromatic heterocycles. The summed E-state index contributed by atoms with van der Waals surface area (Å²) in [6.45, 7) is 13.2. The third kappa shape index (κ3) is 6.27. The lowest BCUT2D eigenvalue weighted by Crippen LogP contribution is -2.51. The summed E-state index contributed by atoms with van der Waals surface area (Å²) in [5.41, 5.74) is 0.289. The average Bonchev–Trinajstić information content (AvgIpc) is 2.37. The van der Waals surface area contributed by atoms with Crippen molar-refractivity contribution in [2.45, 2.75) is 90.7 Å². The highest BCUT2D eigenvalue weighted by Gasteiger charge is 2.36. The van der Waals surface area contributed by atoms with Gasteiger partial charge in [0.25, 0.3) is 0 Å². The van der Waals surface area contributed by atoms with Crippen molar-refractivity contribution in [3.05, 3.63) is 0 Å². The predicted molar refractivity (Wildman–Crippen MR) is 83.6 cm³/mol. The second-order valence-electron chi connectivity index (χ2n) is 7.34. The van der Waals surface area contributed by atoms with E-state index in [0.29, 0.717) is 0 Å². The van der Waals surface area contributed by atoms with Crippen molar-refractivity contribution in [3.8, 4) is 0 Å². The second kappa shape index (κ2) is 7.64. The van der Waals surface area contributed by atoms with Crippen LogP contribution >= 0.6 is 0 Å². The van der Waals surface area contributed by atoms with Crippen LogP contribution in [0, 0.1) is 5.92 Å². The van der Waals surface area contributed by atoms with Gasteiger partial charge in [-0.1, -0.05) is 26.7 Å². The van der Waals surface area contributed by atoms with Gasteiger partial charge in [0.05, 0.1) is 5.60 Å². The molecule has 0 unspecified atom stereocenters. The molecule has 2 heteroatoms.